The third-order valence-corrected chi connectivity index (χ3v) is 3.36. The van der Waals surface area contributed by atoms with E-state index < -0.39 is 11.8 Å². The van der Waals surface area contributed by atoms with Gasteiger partial charge in [-0.3, -0.25) is 0 Å². The predicted octanol–water partition coefficient (Wildman–Crippen LogP) is 3.07. The summed E-state index contributed by atoms with van der Waals surface area (Å²) in [4.78, 5) is 10.6. The molecule has 2 amide bonds. The van der Waals surface area contributed by atoms with E-state index in [2.05, 4.69) is 10.5 Å². The Hall–Kier alpha value is -2.80. The Balaban J connectivity index is 2.18. The molecular formula is C16H15ClFN3O3. The molecule has 0 aliphatic carbocycles. The zero-order valence-corrected chi connectivity index (χ0v) is 13.5. The normalized spacial score (nSPS) is 10.6. The number of rotatable bonds is 6. The van der Waals surface area contributed by atoms with Gasteiger partial charge in [-0.1, -0.05) is 17.7 Å². The molecule has 0 unspecified atom stereocenters. The van der Waals surface area contributed by atoms with Gasteiger partial charge in [0.15, 0.2) is 11.5 Å². The number of urea groups is 1. The smallest absolute Gasteiger partial charge is 0.332 e. The molecule has 3 N–H and O–H groups in total. The molecular weight excluding hydrogens is 337 g/mol. The zero-order valence-electron chi connectivity index (χ0n) is 12.8. The van der Waals surface area contributed by atoms with Crippen molar-refractivity contribution in [2.75, 3.05) is 7.11 Å². The minimum Gasteiger partial charge on any atom is -0.493 e. The van der Waals surface area contributed by atoms with E-state index >= 15 is 0 Å². The molecule has 0 aromatic heterocycles. The number of hydrogen-bond donors (Lipinski definition) is 2. The highest BCUT2D eigenvalue weighted by Gasteiger charge is 2.10. The lowest BCUT2D eigenvalue weighted by Crippen LogP contribution is -2.24. The second-order valence-electron chi connectivity index (χ2n) is 4.63. The molecule has 0 aliphatic heterocycles. The van der Waals surface area contributed by atoms with Gasteiger partial charge in [0.05, 0.1) is 18.3 Å². The maximum absolute atomic E-state index is 13.8. The fourth-order valence-corrected chi connectivity index (χ4v) is 2.09. The number of methoxy groups -OCH3 is 1. The van der Waals surface area contributed by atoms with Gasteiger partial charge in [0, 0.05) is 5.56 Å². The number of carbonyl (C=O) groups is 1. The number of halogens is 2. The highest BCUT2D eigenvalue weighted by Crippen LogP contribution is 2.29. The average Bonchev–Trinajstić information content (AvgIpc) is 2.54. The van der Waals surface area contributed by atoms with Crippen LogP contribution in [0.1, 0.15) is 11.1 Å². The minimum atomic E-state index is -0.773. The van der Waals surface area contributed by atoms with E-state index in [-0.39, 0.29) is 17.2 Å². The Morgan fingerprint density at radius 3 is 2.83 bits per heavy atom. The monoisotopic (exact) mass is 351 g/mol. The molecule has 6 nitrogen and oxygen atoms in total. The lowest BCUT2D eigenvalue weighted by molar-refractivity contribution is 0.249. The van der Waals surface area contributed by atoms with Crippen LogP contribution in [0.15, 0.2) is 41.5 Å². The maximum atomic E-state index is 13.8. The van der Waals surface area contributed by atoms with Crippen molar-refractivity contribution in [2.45, 2.75) is 6.61 Å². The van der Waals surface area contributed by atoms with Gasteiger partial charge in [-0.2, -0.15) is 5.10 Å². The third kappa shape index (κ3) is 4.60. The van der Waals surface area contributed by atoms with Gasteiger partial charge < -0.3 is 15.2 Å². The molecule has 0 bridgehead atoms. The van der Waals surface area contributed by atoms with Crippen LogP contribution in [0.3, 0.4) is 0 Å². The van der Waals surface area contributed by atoms with Gasteiger partial charge >= 0.3 is 6.03 Å². The summed E-state index contributed by atoms with van der Waals surface area (Å²) in [5, 5.41) is 3.93. The van der Waals surface area contributed by atoms with Crippen molar-refractivity contribution >= 4 is 23.8 Å². The van der Waals surface area contributed by atoms with Crippen LogP contribution in [0.4, 0.5) is 9.18 Å². The number of hydrazone groups is 1. The minimum absolute atomic E-state index is 0.0675. The van der Waals surface area contributed by atoms with Crippen molar-refractivity contribution < 1.29 is 18.7 Å². The number of hydrogen-bond acceptors (Lipinski definition) is 4. The standard InChI is InChI=1S/C16H15ClFN3O3/c1-23-14-6-5-10(8-20-21-16(19)22)7-15(14)24-9-11-12(17)3-2-4-13(11)18/h2-8H,9H2,1H3,(H3,19,21,22). The summed E-state index contributed by atoms with van der Waals surface area (Å²) >= 11 is 5.97. The summed E-state index contributed by atoms with van der Waals surface area (Å²) < 4.78 is 24.6. The Bertz CT molecular complexity index is 748. The third-order valence-electron chi connectivity index (χ3n) is 3.01. The van der Waals surface area contributed by atoms with Crippen LogP contribution >= 0.6 is 11.6 Å². The van der Waals surface area contributed by atoms with E-state index in [1.165, 1.54) is 25.5 Å². The van der Waals surface area contributed by atoms with Crippen LogP contribution in [-0.2, 0) is 6.61 Å². The summed E-state index contributed by atoms with van der Waals surface area (Å²) in [7, 11) is 1.49. The molecule has 126 valence electrons. The summed E-state index contributed by atoms with van der Waals surface area (Å²) in [6.45, 7) is -0.0675. The van der Waals surface area contributed by atoms with E-state index in [1.54, 1.807) is 24.3 Å². The highest BCUT2D eigenvalue weighted by atomic mass is 35.5. The number of benzene rings is 2. The van der Waals surface area contributed by atoms with E-state index in [9.17, 15) is 9.18 Å². The largest absolute Gasteiger partial charge is 0.493 e. The van der Waals surface area contributed by atoms with Gasteiger partial charge in [0.25, 0.3) is 0 Å². The average molecular weight is 352 g/mol. The van der Waals surface area contributed by atoms with Gasteiger partial charge in [0.2, 0.25) is 0 Å². The first-order valence-electron chi connectivity index (χ1n) is 6.83. The maximum Gasteiger partial charge on any atom is 0.332 e. The SMILES string of the molecule is COc1ccc(C=NNC(N)=O)cc1OCc1c(F)cccc1Cl. The molecule has 2 rings (SSSR count). The molecule has 2 aromatic rings. The summed E-state index contributed by atoms with van der Waals surface area (Å²) in [5.41, 5.74) is 7.87. The van der Waals surface area contributed by atoms with Gasteiger partial charge in [-0.05, 0) is 35.9 Å². The van der Waals surface area contributed by atoms with Crippen molar-refractivity contribution in [3.63, 3.8) is 0 Å². The molecule has 0 aliphatic rings. The summed E-state index contributed by atoms with van der Waals surface area (Å²) in [6.07, 6.45) is 1.38. The van der Waals surface area contributed by atoms with Crippen LogP contribution in [0.5, 0.6) is 11.5 Å². The molecule has 0 saturated carbocycles. The quantitative estimate of drug-likeness (QED) is 0.619. The molecule has 0 fully saturated rings. The molecule has 0 saturated heterocycles. The van der Waals surface area contributed by atoms with Crippen LogP contribution < -0.4 is 20.6 Å². The molecule has 8 heteroatoms. The van der Waals surface area contributed by atoms with Crippen molar-refractivity contribution in [3.8, 4) is 11.5 Å². The molecule has 0 radical (unpaired) electrons. The summed E-state index contributed by atoms with van der Waals surface area (Å²) in [5.74, 6) is 0.382. The second-order valence-corrected chi connectivity index (χ2v) is 5.04. The van der Waals surface area contributed by atoms with E-state index in [0.29, 0.717) is 17.1 Å². The fourth-order valence-electron chi connectivity index (χ4n) is 1.88. The van der Waals surface area contributed by atoms with Gasteiger partial charge in [-0.25, -0.2) is 14.6 Å². The Labute approximate surface area is 143 Å². The number of nitrogens with two attached hydrogens (primary N) is 1. The zero-order chi connectivity index (χ0) is 17.5. The number of nitrogens with one attached hydrogen (secondary N) is 1. The van der Waals surface area contributed by atoms with E-state index in [4.69, 9.17) is 26.8 Å². The van der Waals surface area contributed by atoms with Crippen LogP contribution in [0, 0.1) is 5.82 Å². The Kier molecular flexibility index (Phi) is 5.97. The van der Waals surface area contributed by atoms with Crippen LogP contribution in [0.2, 0.25) is 5.02 Å². The predicted molar refractivity (Wildman–Crippen MR) is 89.0 cm³/mol. The van der Waals surface area contributed by atoms with Gasteiger partial charge in [0.1, 0.15) is 12.4 Å². The highest BCUT2D eigenvalue weighted by molar-refractivity contribution is 6.31. The van der Waals surface area contributed by atoms with Gasteiger partial charge in [-0.15, -0.1) is 0 Å². The fraction of sp³-hybridized carbons (Fsp3) is 0.125. The number of nitrogens with zero attached hydrogens (tertiary/aromatic N) is 1. The van der Waals surface area contributed by atoms with Crippen LogP contribution in [0.25, 0.3) is 0 Å². The van der Waals surface area contributed by atoms with Crippen molar-refractivity contribution in [3.05, 3.63) is 58.4 Å². The molecule has 24 heavy (non-hydrogen) atoms. The van der Waals surface area contributed by atoms with E-state index in [0.717, 1.165) is 0 Å². The summed E-state index contributed by atoms with van der Waals surface area (Å²) in [6, 6.07) is 8.62. The van der Waals surface area contributed by atoms with E-state index in [1.807, 2.05) is 0 Å². The Morgan fingerprint density at radius 1 is 1.38 bits per heavy atom. The Morgan fingerprint density at radius 2 is 2.17 bits per heavy atom. The molecule has 0 spiro atoms. The second kappa shape index (κ2) is 8.16. The lowest BCUT2D eigenvalue weighted by atomic mass is 10.2. The number of carbonyl (C=O) groups excluding carboxylic acids is 1. The molecule has 0 atom stereocenters. The molecule has 2 aromatic carbocycles. The lowest BCUT2D eigenvalue weighted by Gasteiger charge is -2.12. The van der Waals surface area contributed by atoms with Crippen molar-refractivity contribution in [1.82, 2.24) is 5.43 Å². The molecule has 0 heterocycles. The first-order valence-corrected chi connectivity index (χ1v) is 7.21. The first-order chi connectivity index (χ1) is 11.5. The number of ether oxygens (including phenoxy) is 2. The van der Waals surface area contributed by atoms with Crippen LogP contribution in [-0.4, -0.2) is 19.4 Å². The topological polar surface area (TPSA) is 85.9 Å². The first kappa shape index (κ1) is 17.6. The van der Waals surface area contributed by atoms with Crippen molar-refractivity contribution in [1.29, 1.82) is 0 Å². The van der Waals surface area contributed by atoms with Crippen molar-refractivity contribution in [2.24, 2.45) is 10.8 Å². The number of primary amides is 1. The number of amides is 2.